The van der Waals surface area contributed by atoms with Crippen LogP contribution in [0.15, 0.2) is 35.9 Å². The zero-order chi connectivity index (χ0) is 31.8. The number of hydrogen-bond donors (Lipinski definition) is 0. The quantitative estimate of drug-likeness (QED) is 0.0948. The molecule has 1 aliphatic rings. The Hall–Kier alpha value is -1.90. The Morgan fingerprint density at radius 2 is 1.05 bits per heavy atom. The molecule has 0 saturated heterocycles. The molecule has 0 atom stereocenters. The Morgan fingerprint density at radius 1 is 0.605 bits per heavy atom. The molecule has 0 aromatic heterocycles. The number of unbranched alkanes of at least 4 members (excludes halogenated alkanes) is 1. The van der Waals surface area contributed by atoms with Gasteiger partial charge in [-0.1, -0.05) is 54.9 Å². The second kappa shape index (κ2) is 20.2. The van der Waals surface area contributed by atoms with Gasteiger partial charge in [0.1, 0.15) is 0 Å². The normalized spacial score (nSPS) is 13.0. The van der Waals surface area contributed by atoms with E-state index in [0.717, 1.165) is 106 Å². The van der Waals surface area contributed by atoms with Crippen LogP contribution in [0.5, 0.6) is 0 Å². The summed E-state index contributed by atoms with van der Waals surface area (Å²) in [5.74, 6) is 0. The van der Waals surface area contributed by atoms with Gasteiger partial charge in [0, 0.05) is 22.8 Å². The molecule has 3 rings (SSSR count). The Balaban J connectivity index is 0.000000621. The fourth-order valence-corrected chi connectivity index (χ4v) is 6.90. The minimum atomic E-state index is 0.0746. The van der Waals surface area contributed by atoms with Gasteiger partial charge in [-0.15, -0.1) is 0 Å². The first-order chi connectivity index (χ1) is 20.9. The maximum atomic E-state index is 11.6. The SMILES string of the molecule is CCCCC1=C(c2cc(CC)c(CC)c(CC)c2)[N+](=[N-])C(c2cc(CC)c(CC)c(CC)c2)=C1.CCC[O][Pd][O]CCC. The molecule has 2 aromatic carbocycles. The Bertz CT molecular complexity index is 1190. The van der Waals surface area contributed by atoms with Gasteiger partial charge in [-0.3, -0.25) is 0 Å². The van der Waals surface area contributed by atoms with E-state index in [4.69, 9.17) is 6.92 Å². The van der Waals surface area contributed by atoms with Crippen LogP contribution < -0.4 is 0 Å². The molecule has 242 valence electrons. The van der Waals surface area contributed by atoms with Crippen LogP contribution in [0.2, 0.25) is 0 Å². The molecule has 43 heavy (non-hydrogen) atoms. The molecular formula is C38H58N2O2Pd. The molecule has 4 nitrogen and oxygen atoms in total. The van der Waals surface area contributed by atoms with E-state index in [2.05, 4.69) is 92.7 Å². The van der Waals surface area contributed by atoms with E-state index < -0.39 is 0 Å². The number of hydrogen-bond acceptors (Lipinski definition) is 2. The van der Waals surface area contributed by atoms with Crippen molar-refractivity contribution in [1.82, 2.24) is 0 Å². The number of allylic oxidation sites excluding steroid dienone is 2. The second-order valence-electron chi connectivity index (χ2n) is 11.1. The third-order valence-corrected chi connectivity index (χ3v) is 9.14. The fourth-order valence-electron chi connectivity index (χ4n) is 5.88. The van der Waals surface area contributed by atoms with E-state index in [-0.39, 0.29) is 18.7 Å². The Labute approximate surface area is 272 Å². The number of benzene rings is 2. The fraction of sp³-hybridized carbons (Fsp3) is 0.579. The summed E-state index contributed by atoms with van der Waals surface area (Å²) in [5.41, 5.74) is 25.7. The molecule has 0 spiro atoms. The molecule has 0 fully saturated rings. The van der Waals surface area contributed by atoms with Gasteiger partial charge in [-0.25, -0.2) is 4.70 Å². The zero-order valence-electron chi connectivity index (χ0n) is 28.6. The van der Waals surface area contributed by atoms with Crippen LogP contribution >= 0.6 is 0 Å². The molecule has 5 heteroatoms. The molecule has 0 bridgehead atoms. The average molecular weight is 681 g/mol. The second-order valence-corrected chi connectivity index (χ2v) is 12.3. The van der Waals surface area contributed by atoms with Crippen LogP contribution in [0, 0.1) is 0 Å². The van der Waals surface area contributed by atoms with Gasteiger partial charge in [-0.05, 0) is 109 Å². The summed E-state index contributed by atoms with van der Waals surface area (Å²) in [6.45, 7) is 21.5. The molecular weight excluding hydrogens is 623 g/mol. The molecule has 2 aromatic rings. The number of rotatable bonds is 17. The van der Waals surface area contributed by atoms with Crippen molar-refractivity contribution in [2.24, 2.45) is 0 Å². The van der Waals surface area contributed by atoms with Crippen molar-refractivity contribution in [2.45, 2.75) is 133 Å². The summed E-state index contributed by atoms with van der Waals surface area (Å²) >= 11 is 0.0746. The van der Waals surface area contributed by atoms with Gasteiger partial charge in [0.2, 0.25) is 11.4 Å². The van der Waals surface area contributed by atoms with Crippen LogP contribution in [-0.2, 0) is 64.2 Å². The van der Waals surface area contributed by atoms with E-state index in [1.807, 2.05) is 0 Å². The van der Waals surface area contributed by atoms with Crippen molar-refractivity contribution in [3.63, 3.8) is 0 Å². The molecule has 0 amide bonds. The van der Waals surface area contributed by atoms with Crippen molar-refractivity contribution in [2.75, 3.05) is 13.2 Å². The van der Waals surface area contributed by atoms with E-state index >= 15 is 0 Å². The third-order valence-electron chi connectivity index (χ3n) is 8.14. The van der Waals surface area contributed by atoms with Gasteiger partial charge in [0.15, 0.2) is 0 Å². The van der Waals surface area contributed by atoms with Crippen molar-refractivity contribution < 1.29 is 30.3 Å². The van der Waals surface area contributed by atoms with E-state index in [1.54, 1.807) is 0 Å². The summed E-state index contributed by atoms with van der Waals surface area (Å²) in [5, 5.41) is 0. The van der Waals surface area contributed by atoms with Crippen LogP contribution in [0.3, 0.4) is 0 Å². The first-order valence-corrected chi connectivity index (χ1v) is 18.2. The van der Waals surface area contributed by atoms with E-state index in [9.17, 15) is 5.53 Å². The average Bonchev–Trinajstić information content (AvgIpc) is 3.37. The Morgan fingerprint density at radius 3 is 1.42 bits per heavy atom. The van der Waals surface area contributed by atoms with Crippen molar-refractivity contribution in [3.05, 3.63) is 86.0 Å². The summed E-state index contributed by atoms with van der Waals surface area (Å²) in [6, 6.07) is 9.27. The topological polar surface area (TPSA) is 43.8 Å². The van der Waals surface area contributed by atoms with Gasteiger partial charge in [-0.2, -0.15) is 0 Å². The monoisotopic (exact) mass is 680 g/mol. The molecule has 0 saturated carbocycles. The van der Waals surface area contributed by atoms with Crippen LogP contribution in [-0.4, -0.2) is 17.9 Å². The standard InChI is InChI=1S/C32H44N2.2C3H7O.Pd/c1-8-15-16-26-21-31(27-17-22(9-2)29(13-6)23(10-3)18-27)34(33)32(26)28-19-24(11-4)30(14-7)25(12-5)20-28;2*1-2-3-4;/h17-21H,8-16H2,1-7H3;2*2-3H2,1H3;/q;2*-1;+2. The summed E-state index contributed by atoms with van der Waals surface area (Å²) in [7, 11) is 0. The maximum absolute atomic E-state index is 11.6. The van der Waals surface area contributed by atoms with E-state index in [1.165, 1.54) is 43.7 Å². The minimum absolute atomic E-state index is 0.0746. The van der Waals surface area contributed by atoms with Gasteiger partial charge >= 0.3 is 65.5 Å². The molecule has 1 heterocycles. The van der Waals surface area contributed by atoms with Gasteiger partial charge in [0.05, 0.1) is 0 Å². The number of aryl methyl sites for hydroxylation is 4. The van der Waals surface area contributed by atoms with Crippen molar-refractivity contribution in [1.29, 1.82) is 0 Å². The third kappa shape index (κ3) is 10.1. The molecule has 0 unspecified atom stereocenters. The summed E-state index contributed by atoms with van der Waals surface area (Å²) < 4.78 is 11.7. The van der Waals surface area contributed by atoms with Crippen LogP contribution in [0.1, 0.15) is 139 Å². The summed E-state index contributed by atoms with van der Waals surface area (Å²) in [4.78, 5) is 0. The van der Waals surface area contributed by atoms with Crippen LogP contribution in [0.4, 0.5) is 0 Å². The predicted molar refractivity (Wildman–Crippen MR) is 180 cm³/mol. The molecule has 0 radical (unpaired) electrons. The van der Waals surface area contributed by atoms with Crippen LogP contribution in [0.25, 0.3) is 16.9 Å². The first kappa shape index (κ1) is 37.3. The summed E-state index contributed by atoms with van der Waals surface area (Å²) in [6.07, 6.45) is 13.8. The molecule has 1 aliphatic heterocycles. The zero-order valence-corrected chi connectivity index (χ0v) is 30.2. The van der Waals surface area contributed by atoms with Crippen molar-refractivity contribution >= 4 is 11.4 Å². The predicted octanol–water partition coefficient (Wildman–Crippen LogP) is 10.8. The molecule has 0 N–H and O–H groups in total. The van der Waals surface area contributed by atoms with Crippen molar-refractivity contribution in [3.8, 4) is 0 Å². The van der Waals surface area contributed by atoms with Gasteiger partial charge in [0.25, 0.3) is 0 Å². The van der Waals surface area contributed by atoms with Gasteiger partial charge < -0.3 is 5.53 Å². The number of nitrogens with zero attached hydrogens (tertiary/aromatic N) is 2. The molecule has 0 aliphatic carbocycles. The Kier molecular flexibility index (Phi) is 17.5. The first-order valence-electron chi connectivity index (χ1n) is 17.0. The van der Waals surface area contributed by atoms with E-state index in [0.29, 0.717) is 0 Å².